The van der Waals surface area contributed by atoms with Gasteiger partial charge in [-0.1, -0.05) is 206 Å². The summed E-state index contributed by atoms with van der Waals surface area (Å²) in [6.45, 7) is 6.18. The van der Waals surface area contributed by atoms with Gasteiger partial charge in [-0.25, -0.2) is 0 Å². The highest BCUT2D eigenvalue weighted by Crippen LogP contribution is 2.13. The zero-order chi connectivity index (χ0) is 45.1. The monoisotopic (exact) mass is 857 g/mol. The Kier molecular flexibility index (Phi) is 46.1. The molecule has 0 saturated heterocycles. The molecule has 0 bridgehead atoms. The van der Waals surface area contributed by atoms with E-state index in [0.717, 1.165) is 122 Å². The lowest BCUT2D eigenvalue weighted by atomic mass is 10.1. The van der Waals surface area contributed by atoms with Gasteiger partial charge in [-0.2, -0.15) is 0 Å². The standard InChI is InChI=1S/C56H88O6/c1-4-7-10-13-16-19-22-25-27-29-31-34-37-40-43-46-49-55(58)61-52-53(51-60-54(57)48-45-42-39-36-33-30-24-21-18-15-12-9-6-3)62-56(59)50-47-44-41-38-35-32-28-26-23-20-17-14-11-8-5-2/h7-12,14-21,23-25,27,30,33,53H,4-6,13,22,26,28-29,31-32,34-52H2,1-3H3/b10-7-,11-8-,12-9-,17-14-,18-15-,19-16-,23-20-,24-21-,27-25-,33-30-. The third kappa shape index (κ3) is 46.9. The Balaban J connectivity index is 4.50. The Hall–Kier alpha value is -4.19. The van der Waals surface area contributed by atoms with Crippen LogP contribution < -0.4 is 0 Å². The highest BCUT2D eigenvalue weighted by molar-refractivity contribution is 5.71. The molecule has 0 spiro atoms. The van der Waals surface area contributed by atoms with Crippen LogP contribution in [0, 0.1) is 0 Å². The molecule has 6 nitrogen and oxygen atoms in total. The summed E-state index contributed by atoms with van der Waals surface area (Å²) in [5, 5.41) is 0. The number of allylic oxidation sites excluding steroid dienone is 20. The van der Waals surface area contributed by atoms with Crippen molar-refractivity contribution in [3.8, 4) is 0 Å². The van der Waals surface area contributed by atoms with Crippen LogP contribution in [-0.2, 0) is 28.6 Å². The van der Waals surface area contributed by atoms with E-state index >= 15 is 0 Å². The van der Waals surface area contributed by atoms with Crippen LogP contribution in [0.5, 0.6) is 0 Å². The molecule has 6 heteroatoms. The van der Waals surface area contributed by atoms with Crippen molar-refractivity contribution in [2.24, 2.45) is 0 Å². The molecule has 0 aliphatic rings. The molecule has 0 aromatic heterocycles. The maximum Gasteiger partial charge on any atom is 0.306 e. The topological polar surface area (TPSA) is 78.9 Å². The van der Waals surface area contributed by atoms with Crippen LogP contribution in [0.1, 0.15) is 194 Å². The predicted molar refractivity (Wildman–Crippen MR) is 265 cm³/mol. The fraction of sp³-hybridized carbons (Fsp3) is 0.589. The second-order valence-electron chi connectivity index (χ2n) is 15.7. The molecular weight excluding hydrogens is 769 g/mol. The van der Waals surface area contributed by atoms with Crippen LogP contribution in [0.3, 0.4) is 0 Å². The highest BCUT2D eigenvalue weighted by Gasteiger charge is 2.19. The molecule has 0 radical (unpaired) electrons. The zero-order valence-corrected chi connectivity index (χ0v) is 39.6. The van der Waals surface area contributed by atoms with Gasteiger partial charge in [0.05, 0.1) is 0 Å². The summed E-state index contributed by atoms with van der Waals surface area (Å²) in [5.41, 5.74) is 0. The van der Waals surface area contributed by atoms with Crippen molar-refractivity contribution in [3.05, 3.63) is 122 Å². The summed E-state index contributed by atoms with van der Waals surface area (Å²) in [5.74, 6) is -0.981. The van der Waals surface area contributed by atoms with Gasteiger partial charge < -0.3 is 14.2 Å². The Morgan fingerprint density at radius 2 is 0.661 bits per heavy atom. The minimum absolute atomic E-state index is 0.107. The molecule has 0 aliphatic heterocycles. The average Bonchev–Trinajstić information content (AvgIpc) is 3.27. The summed E-state index contributed by atoms with van der Waals surface area (Å²) in [7, 11) is 0. The van der Waals surface area contributed by atoms with E-state index in [1.807, 2.05) is 36.5 Å². The van der Waals surface area contributed by atoms with Crippen LogP contribution in [-0.4, -0.2) is 37.2 Å². The number of rotatable bonds is 42. The van der Waals surface area contributed by atoms with Crippen molar-refractivity contribution in [1.82, 2.24) is 0 Å². The molecule has 0 N–H and O–H groups in total. The summed E-state index contributed by atoms with van der Waals surface area (Å²) >= 11 is 0. The molecule has 0 heterocycles. The Labute approximate surface area is 380 Å². The van der Waals surface area contributed by atoms with Gasteiger partial charge in [0.15, 0.2) is 6.10 Å². The van der Waals surface area contributed by atoms with E-state index in [2.05, 4.69) is 106 Å². The van der Waals surface area contributed by atoms with E-state index in [1.165, 1.54) is 32.1 Å². The van der Waals surface area contributed by atoms with Gasteiger partial charge in [0.25, 0.3) is 0 Å². The molecule has 0 fully saturated rings. The van der Waals surface area contributed by atoms with Gasteiger partial charge in [-0.3, -0.25) is 14.4 Å². The second-order valence-corrected chi connectivity index (χ2v) is 15.7. The number of carbonyl (C=O) groups excluding carboxylic acids is 3. The molecule has 0 aromatic rings. The Morgan fingerprint density at radius 3 is 1.11 bits per heavy atom. The van der Waals surface area contributed by atoms with Gasteiger partial charge in [-0.05, 0) is 89.9 Å². The first-order chi connectivity index (χ1) is 30.5. The van der Waals surface area contributed by atoms with Crippen LogP contribution >= 0.6 is 0 Å². The first-order valence-electron chi connectivity index (χ1n) is 24.6. The molecule has 0 amide bonds. The van der Waals surface area contributed by atoms with Crippen LogP contribution in [0.4, 0.5) is 0 Å². The molecule has 0 aromatic carbocycles. The average molecular weight is 857 g/mol. The summed E-state index contributed by atoms with van der Waals surface area (Å²) in [6.07, 6.45) is 67.5. The minimum Gasteiger partial charge on any atom is -0.462 e. The van der Waals surface area contributed by atoms with Crippen LogP contribution in [0.2, 0.25) is 0 Å². The van der Waals surface area contributed by atoms with E-state index in [4.69, 9.17) is 14.2 Å². The van der Waals surface area contributed by atoms with E-state index in [1.54, 1.807) is 0 Å². The van der Waals surface area contributed by atoms with Crippen molar-refractivity contribution in [1.29, 1.82) is 0 Å². The lowest BCUT2D eigenvalue weighted by molar-refractivity contribution is -0.167. The molecule has 0 rings (SSSR count). The van der Waals surface area contributed by atoms with Crippen LogP contribution in [0.15, 0.2) is 122 Å². The van der Waals surface area contributed by atoms with Gasteiger partial charge in [0.1, 0.15) is 13.2 Å². The number of unbranched alkanes of at least 4 members (excludes halogenated alkanes) is 16. The van der Waals surface area contributed by atoms with Crippen molar-refractivity contribution < 1.29 is 28.6 Å². The van der Waals surface area contributed by atoms with Gasteiger partial charge >= 0.3 is 17.9 Å². The normalized spacial score (nSPS) is 13.1. The van der Waals surface area contributed by atoms with Crippen molar-refractivity contribution in [2.75, 3.05) is 13.2 Å². The fourth-order valence-corrected chi connectivity index (χ4v) is 6.23. The molecule has 1 atom stereocenters. The summed E-state index contributed by atoms with van der Waals surface area (Å²) < 4.78 is 16.7. The van der Waals surface area contributed by atoms with Crippen LogP contribution in [0.25, 0.3) is 0 Å². The largest absolute Gasteiger partial charge is 0.462 e. The number of carbonyl (C=O) groups is 3. The van der Waals surface area contributed by atoms with Crippen molar-refractivity contribution in [2.45, 2.75) is 200 Å². The maximum absolute atomic E-state index is 12.8. The van der Waals surface area contributed by atoms with Gasteiger partial charge in [-0.15, -0.1) is 0 Å². The lowest BCUT2D eigenvalue weighted by Crippen LogP contribution is -2.30. The molecule has 62 heavy (non-hydrogen) atoms. The van der Waals surface area contributed by atoms with Crippen molar-refractivity contribution >= 4 is 17.9 Å². The molecule has 0 aliphatic carbocycles. The number of ether oxygens (including phenoxy) is 3. The maximum atomic E-state index is 12.8. The number of hydrogen-bond donors (Lipinski definition) is 0. The molecular formula is C56H88O6. The lowest BCUT2D eigenvalue weighted by Gasteiger charge is -2.18. The Bertz CT molecular complexity index is 1350. The van der Waals surface area contributed by atoms with E-state index in [0.29, 0.717) is 19.3 Å². The van der Waals surface area contributed by atoms with E-state index in [9.17, 15) is 14.4 Å². The SMILES string of the molecule is CC\C=C/C=C\C=C/C=C\CCCCCC(=O)OCC(COC(=O)CCCCCCCC/C=C\C/C=C\C/C=C\CC)OC(=O)CCCCCCCCC\C=C/C=C\C=C/CC. The molecule has 0 saturated carbocycles. The third-order valence-electron chi connectivity index (χ3n) is 9.85. The molecule has 348 valence electrons. The smallest absolute Gasteiger partial charge is 0.306 e. The zero-order valence-electron chi connectivity index (χ0n) is 39.6. The predicted octanol–water partition coefficient (Wildman–Crippen LogP) is 16.1. The molecule has 1 unspecified atom stereocenters. The number of esters is 3. The minimum atomic E-state index is -0.809. The van der Waals surface area contributed by atoms with E-state index < -0.39 is 6.10 Å². The van der Waals surface area contributed by atoms with Crippen molar-refractivity contribution in [3.63, 3.8) is 0 Å². The first kappa shape index (κ1) is 57.8. The summed E-state index contributed by atoms with van der Waals surface area (Å²) in [4.78, 5) is 37.9. The Morgan fingerprint density at radius 1 is 0.339 bits per heavy atom. The summed E-state index contributed by atoms with van der Waals surface area (Å²) in [6, 6.07) is 0. The third-order valence-corrected chi connectivity index (χ3v) is 9.85. The second kappa shape index (κ2) is 49.5. The van der Waals surface area contributed by atoms with Gasteiger partial charge in [0, 0.05) is 19.3 Å². The number of hydrogen-bond acceptors (Lipinski definition) is 6. The quantitative estimate of drug-likeness (QED) is 0.0200. The fourth-order valence-electron chi connectivity index (χ4n) is 6.23. The van der Waals surface area contributed by atoms with Gasteiger partial charge in [0.2, 0.25) is 0 Å². The first-order valence-corrected chi connectivity index (χ1v) is 24.6. The highest BCUT2D eigenvalue weighted by atomic mass is 16.6. The van der Waals surface area contributed by atoms with E-state index in [-0.39, 0.29) is 31.1 Å².